The third-order valence-corrected chi connectivity index (χ3v) is 24.4. The molecule has 15 rings (SSSR count). The van der Waals surface area contributed by atoms with Crippen molar-refractivity contribution in [3.05, 3.63) is 266 Å². The van der Waals surface area contributed by atoms with Crippen molar-refractivity contribution >= 4 is 106 Å². The van der Waals surface area contributed by atoms with Gasteiger partial charge < -0.3 is 25.8 Å². The fraction of sp³-hybridized carbons (Fsp3) is 0.241. The SMILES string of the molecule is O=C(NCc1ccc(F)cc1)c1ccc2c(c1)N=C(C1CCCCC1)c1ccccc1S2(=O)=O.O=C(NCc1cccc(Cl)c1)c1ccc2c(c1)N=C(N1CCCCC1)c1ccccc1S2(=O)=O.O=C(NCc1cccc(Cl)c1)c1ccc2c(c1)N=C(N1CCCCC1)c1ccccc1S2=O. The molecule has 6 aliphatic rings. The lowest BCUT2D eigenvalue weighted by molar-refractivity contribution is 0.0943. The molecule has 1 atom stereocenters. The number of sulfone groups is 2. The lowest BCUT2D eigenvalue weighted by Gasteiger charge is -2.30. The van der Waals surface area contributed by atoms with Gasteiger partial charge in [0.05, 0.1) is 62.9 Å². The summed E-state index contributed by atoms with van der Waals surface area (Å²) in [6.45, 7) is 4.41. The average Bonchev–Trinajstić information content (AvgIpc) is 1.64. The van der Waals surface area contributed by atoms with Gasteiger partial charge in [0.25, 0.3) is 17.7 Å². The van der Waals surface area contributed by atoms with Crippen molar-refractivity contribution in [3.63, 3.8) is 0 Å². The highest BCUT2D eigenvalue weighted by Gasteiger charge is 2.35. The molecular formula is C79H73Cl2FN8O8S3. The van der Waals surface area contributed by atoms with Crippen LogP contribution in [0.2, 0.25) is 10.0 Å². The first-order chi connectivity index (χ1) is 49.0. The van der Waals surface area contributed by atoms with Gasteiger partial charge in [-0.25, -0.2) is 35.4 Å². The zero-order valence-corrected chi connectivity index (χ0v) is 59.2. The molecule has 9 aromatic rings. The number of halogens is 3. The largest absolute Gasteiger partial charge is 0.356 e. The van der Waals surface area contributed by atoms with Crippen LogP contribution in [0.5, 0.6) is 0 Å². The van der Waals surface area contributed by atoms with Crippen molar-refractivity contribution in [2.45, 2.75) is 120 Å². The molecule has 5 heterocycles. The molecular weight excluding hydrogens is 1380 g/mol. The number of piperidine rings is 2. The summed E-state index contributed by atoms with van der Waals surface area (Å²) in [4.78, 5) is 59.9. The van der Waals surface area contributed by atoms with E-state index in [9.17, 15) is 39.8 Å². The third kappa shape index (κ3) is 15.9. The van der Waals surface area contributed by atoms with E-state index in [4.69, 9.17) is 38.2 Å². The Kier molecular flexibility index (Phi) is 21.6. The molecule has 3 N–H and O–H groups in total. The van der Waals surface area contributed by atoms with E-state index in [0.29, 0.717) is 73.1 Å². The summed E-state index contributed by atoms with van der Waals surface area (Å²) in [5.74, 6) is 0.474. The summed E-state index contributed by atoms with van der Waals surface area (Å²) < 4.78 is 80.9. The predicted octanol–water partition coefficient (Wildman–Crippen LogP) is 15.9. The zero-order valence-electron chi connectivity index (χ0n) is 55.2. The molecule has 0 bridgehead atoms. The molecule has 16 nitrogen and oxygen atoms in total. The van der Waals surface area contributed by atoms with Gasteiger partial charge in [-0.2, -0.15) is 0 Å². The fourth-order valence-electron chi connectivity index (χ4n) is 13.5. The number of nitrogens with one attached hydrogen (secondary N) is 3. The van der Waals surface area contributed by atoms with Gasteiger partial charge in [0.1, 0.15) is 17.5 Å². The highest BCUT2D eigenvalue weighted by Crippen LogP contribution is 2.42. The number of amides is 3. The molecule has 2 saturated heterocycles. The Hall–Kier alpha value is -9.44. The molecule has 1 saturated carbocycles. The van der Waals surface area contributed by atoms with Gasteiger partial charge in [-0.3, -0.25) is 19.4 Å². The van der Waals surface area contributed by atoms with Gasteiger partial charge in [0.2, 0.25) is 19.7 Å². The molecule has 1 unspecified atom stereocenters. The van der Waals surface area contributed by atoms with Crippen molar-refractivity contribution < 1.29 is 39.8 Å². The van der Waals surface area contributed by atoms with Crippen LogP contribution in [-0.4, -0.2) is 92.1 Å². The van der Waals surface area contributed by atoms with Gasteiger partial charge in [-0.15, -0.1) is 0 Å². The van der Waals surface area contributed by atoms with Gasteiger partial charge in [-0.1, -0.05) is 127 Å². The van der Waals surface area contributed by atoms with Crippen LogP contribution >= 0.6 is 23.2 Å². The third-order valence-electron chi connectivity index (χ3n) is 18.7. The van der Waals surface area contributed by atoms with Gasteiger partial charge in [0, 0.05) is 95.2 Å². The standard InChI is InChI=1S/C27H25FN2O3S.C26H24ClN3O3S.C26H24ClN3O2S/c28-21-13-10-18(11-14-21)17-29-27(31)20-12-15-25-23(16-20)30-26(19-6-2-1-3-7-19)22-8-4-5-9-24(22)34(25,32)33;27-20-8-6-7-18(15-20)17-28-26(31)19-11-12-24-22(16-19)29-25(30-13-4-1-5-14-30)21-9-2-3-10-23(21)34(24,32)33;27-20-8-6-7-18(15-20)17-28-26(31)19-11-12-24-22(16-19)29-25(30-13-4-1-5-14-30)21-9-2-3-10-23(21)33(24)32/h4-5,8-16,19H,1-3,6-7,17H2,(H,29,31);2-3,6-12,15-16H,1,4-5,13-14,17H2,(H,28,31);2-3,6-12,15-16H,1,4-5,13-14,17H2,(H,28,31). The second-order valence-corrected chi connectivity index (χ2v) is 31.6. The number of aliphatic imine (C=N–C) groups is 3. The molecule has 3 amide bonds. The van der Waals surface area contributed by atoms with Crippen molar-refractivity contribution in [1.29, 1.82) is 0 Å². The zero-order chi connectivity index (χ0) is 70.2. The number of carbonyl (C=O) groups excluding carboxylic acids is 3. The van der Waals surface area contributed by atoms with E-state index < -0.39 is 30.5 Å². The van der Waals surface area contributed by atoms with Crippen LogP contribution in [0.1, 0.15) is 135 Å². The van der Waals surface area contributed by atoms with Crippen molar-refractivity contribution in [1.82, 2.24) is 25.8 Å². The first kappa shape index (κ1) is 70.0. The van der Waals surface area contributed by atoms with Crippen LogP contribution < -0.4 is 16.0 Å². The minimum absolute atomic E-state index is 0.110. The fourth-order valence-corrected chi connectivity index (χ4v) is 18.3. The molecule has 3 fully saturated rings. The first-order valence-corrected chi connectivity index (χ1v) is 38.8. The molecule has 0 radical (unpaired) electrons. The normalized spacial score (nSPS) is 17.1. The summed E-state index contributed by atoms with van der Waals surface area (Å²) in [7, 11) is -8.97. The smallest absolute Gasteiger partial charge is 0.251 e. The first-order valence-electron chi connectivity index (χ1n) is 33.9. The molecule has 0 spiro atoms. The summed E-state index contributed by atoms with van der Waals surface area (Å²) in [5.41, 5.74) is 7.85. The van der Waals surface area contributed by atoms with E-state index >= 15 is 0 Å². The number of benzene rings is 9. The van der Waals surface area contributed by atoms with Crippen LogP contribution in [0.3, 0.4) is 0 Å². The Morgan fingerprint density at radius 3 is 1.41 bits per heavy atom. The average molecular weight is 1450 g/mol. The molecule has 5 aliphatic heterocycles. The Labute approximate surface area is 600 Å². The number of amidine groups is 2. The maximum absolute atomic E-state index is 13.6. The van der Waals surface area contributed by atoms with Crippen molar-refractivity contribution in [3.8, 4) is 0 Å². The molecule has 1 aliphatic carbocycles. The maximum Gasteiger partial charge on any atom is 0.251 e. The Balaban J connectivity index is 0.000000135. The molecule has 0 aromatic heterocycles. The van der Waals surface area contributed by atoms with E-state index in [1.54, 1.807) is 84.9 Å². The topological polar surface area (TPSA) is 216 Å². The molecule has 101 heavy (non-hydrogen) atoms. The summed E-state index contributed by atoms with van der Waals surface area (Å²) >= 11 is 12.1. The molecule has 516 valence electrons. The molecule has 9 aromatic carbocycles. The highest BCUT2D eigenvalue weighted by molar-refractivity contribution is 7.92. The number of rotatable bonds is 10. The van der Waals surface area contributed by atoms with E-state index in [2.05, 4.69) is 25.8 Å². The van der Waals surface area contributed by atoms with Crippen LogP contribution in [0.15, 0.2) is 245 Å². The molecule has 22 heteroatoms. The number of hydrogen-bond donors (Lipinski definition) is 3. The summed E-state index contributed by atoms with van der Waals surface area (Å²) in [6, 6.07) is 56.7. The Morgan fingerprint density at radius 1 is 0.426 bits per heavy atom. The number of carbonyl (C=O) groups is 3. The number of likely N-dealkylation sites (tertiary alicyclic amines) is 2. The van der Waals surface area contributed by atoms with E-state index in [1.165, 1.54) is 49.2 Å². The van der Waals surface area contributed by atoms with Crippen molar-refractivity contribution in [2.24, 2.45) is 20.9 Å². The van der Waals surface area contributed by atoms with Gasteiger partial charge >= 0.3 is 0 Å². The van der Waals surface area contributed by atoms with E-state index in [1.807, 2.05) is 78.9 Å². The summed E-state index contributed by atoms with van der Waals surface area (Å²) in [5, 5.41) is 9.85. The van der Waals surface area contributed by atoms with E-state index in [-0.39, 0.29) is 61.3 Å². The minimum atomic E-state index is -3.80. The quantitative estimate of drug-likeness (QED) is 0.118. The number of hydrogen-bond acceptors (Lipinski definition) is 13. The maximum atomic E-state index is 13.6. The minimum Gasteiger partial charge on any atom is -0.356 e. The van der Waals surface area contributed by atoms with E-state index in [0.717, 1.165) is 123 Å². The van der Waals surface area contributed by atoms with Crippen LogP contribution in [0, 0.1) is 11.7 Å². The summed E-state index contributed by atoms with van der Waals surface area (Å²) in [6.07, 6.45) is 12.0. The van der Waals surface area contributed by atoms with Gasteiger partial charge in [-0.05, 0) is 183 Å². The van der Waals surface area contributed by atoms with Crippen molar-refractivity contribution in [2.75, 3.05) is 26.2 Å². The monoisotopic (exact) mass is 1450 g/mol. The van der Waals surface area contributed by atoms with Crippen LogP contribution in [0.25, 0.3) is 0 Å². The highest BCUT2D eigenvalue weighted by atomic mass is 35.5. The lowest BCUT2D eigenvalue weighted by Crippen LogP contribution is -2.36. The Morgan fingerprint density at radius 2 is 0.861 bits per heavy atom. The van der Waals surface area contributed by atoms with Crippen LogP contribution in [0.4, 0.5) is 21.5 Å². The van der Waals surface area contributed by atoms with Crippen LogP contribution in [-0.2, 0) is 50.1 Å². The Bertz CT molecular complexity index is 5030. The van der Waals surface area contributed by atoms with Gasteiger partial charge in [0.15, 0.2) is 0 Å². The second kappa shape index (κ2) is 31.2. The number of fused-ring (bicyclic) bond motifs is 6. The number of nitrogens with zero attached hydrogens (tertiary/aromatic N) is 5. The predicted molar refractivity (Wildman–Crippen MR) is 393 cm³/mol. The second-order valence-electron chi connectivity index (χ2n) is 25.5. The lowest BCUT2D eigenvalue weighted by atomic mass is 9.83.